The first kappa shape index (κ1) is 11.6. The molecular weight excluding hydrogens is 196 g/mol. The quantitative estimate of drug-likeness (QED) is 0.844. The van der Waals surface area contributed by atoms with Gasteiger partial charge in [0.15, 0.2) is 0 Å². The molecule has 2 heteroatoms. The second kappa shape index (κ2) is 4.56. The topological polar surface area (TPSA) is 29.3 Å². The van der Waals surface area contributed by atoms with Gasteiger partial charge in [-0.15, -0.1) is 0 Å². The Labute approximate surface area is 98.4 Å². The van der Waals surface area contributed by atoms with Crippen LogP contribution in [0.2, 0.25) is 0 Å². The van der Waals surface area contributed by atoms with Crippen LogP contribution in [-0.4, -0.2) is 24.0 Å². The van der Waals surface area contributed by atoms with Gasteiger partial charge in [-0.25, -0.2) is 0 Å². The van der Waals surface area contributed by atoms with Crippen molar-refractivity contribution in [1.29, 1.82) is 0 Å². The lowest BCUT2D eigenvalue weighted by atomic mass is 9.85. The van der Waals surface area contributed by atoms with Crippen LogP contribution in [0.3, 0.4) is 0 Å². The van der Waals surface area contributed by atoms with Gasteiger partial charge in [-0.05, 0) is 45.3 Å². The Morgan fingerprint density at radius 3 is 2.31 bits per heavy atom. The Kier molecular flexibility index (Phi) is 3.31. The zero-order valence-corrected chi connectivity index (χ0v) is 10.3. The maximum atomic E-state index is 6.52. The van der Waals surface area contributed by atoms with Crippen molar-refractivity contribution in [2.45, 2.75) is 38.3 Å². The van der Waals surface area contributed by atoms with Crippen molar-refractivity contribution in [1.82, 2.24) is 4.90 Å². The molecule has 0 bridgehead atoms. The average Bonchev–Trinajstić information content (AvgIpc) is 2.82. The Bertz CT molecular complexity index is 326. The van der Waals surface area contributed by atoms with Gasteiger partial charge in [0.2, 0.25) is 0 Å². The summed E-state index contributed by atoms with van der Waals surface area (Å²) < 4.78 is 0. The smallest absolute Gasteiger partial charge is 0.0536 e. The van der Waals surface area contributed by atoms with Gasteiger partial charge in [0, 0.05) is 6.04 Å². The summed E-state index contributed by atoms with van der Waals surface area (Å²) in [6.07, 6.45) is 2.63. The fraction of sp³-hybridized carbons (Fsp3) is 0.571. The SMILES string of the molecule is CC(N1CCCC1)C(C)(N)c1ccccc1. The summed E-state index contributed by atoms with van der Waals surface area (Å²) >= 11 is 0. The fourth-order valence-corrected chi connectivity index (χ4v) is 2.55. The molecule has 1 aliphatic rings. The summed E-state index contributed by atoms with van der Waals surface area (Å²) in [5.74, 6) is 0. The third-order valence-corrected chi connectivity index (χ3v) is 3.95. The van der Waals surface area contributed by atoms with E-state index in [9.17, 15) is 0 Å². The van der Waals surface area contributed by atoms with Gasteiger partial charge >= 0.3 is 0 Å². The molecule has 1 aromatic rings. The fourth-order valence-electron chi connectivity index (χ4n) is 2.55. The molecule has 0 aromatic heterocycles. The third-order valence-electron chi connectivity index (χ3n) is 3.95. The second-order valence-corrected chi connectivity index (χ2v) is 5.07. The molecule has 0 aliphatic carbocycles. The van der Waals surface area contributed by atoms with Crippen LogP contribution in [-0.2, 0) is 5.54 Å². The van der Waals surface area contributed by atoms with Crippen LogP contribution in [0.25, 0.3) is 0 Å². The molecule has 2 N–H and O–H groups in total. The van der Waals surface area contributed by atoms with Gasteiger partial charge < -0.3 is 5.73 Å². The molecule has 16 heavy (non-hydrogen) atoms. The van der Waals surface area contributed by atoms with Crippen LogP contribution in [0, 0.1) is 0 Å². The van der Waals surface area contributed by atoms with E-state index < -0.39 is 0 Å². The molecule has 1 aromatic carbocycles. The third kappa shape index (κ3) is 2.13. The Morgan fingerprint density at radius 2 is 1.75 bits per heavy atom. The highest BCUT2D eigenvalue weighted by Gasteiger charge is 2.33. The molecule has 0 radical (unpaired) electrons. The second-order valence-electron chi connectivity index (χ2n) is 5.07. The predicted molar refractivity (Wildman–Crippen MR) is 68.3 cm³/mol. The van der Waals surface area contributed by atoms with E-state index in [1.807, 2.05) is 6.07 Å². The summed E-state index contributed by atoms with van der Waals surface area (Å²) in [6.45, 7) is 6.78. The molecule has 1 saturated heterocycles. The molecule has 1 aliphatic heterocycles. The van der Waals surface area contributed by atoms with Crippen LogP contribution in [0.1, 0.15) is 32.3 Å². The number of nitrogens with zero attached hydrogens (tertiary/aromatic N) is 1. The predicted octanol–water partition coefficient (Wildman–Crippen LogP) is 2.34. The van der Waals surface area contributed by atoms with Crippen LogP contribution >= 0.6 is 0 Å². The van der Waals surface area contributed by atoms with Crippen LogP contribution in [0.15, 0.2) is 30.3 Å². The molecule has 88 valence electrons. The molecular formula is C14H22N2. The minimum atomic E-state index is -0.258. The molecule has 0 spiro atoms. The monoisotopic (exact) mass is 218 g/mol. The largest absolute Gasteiger partial charge is 0.320 e. The number of rotatable bonds is 3. The highest BCUT2D eigenvalue weighted by atomic mass is 15.2. The van der Waals surface area contributed by atoms with Crippen molar-refractivity contribution in [3.63, 3.8) is 0 Å². The number of hydrogen-bond acceptors (Lipinski definition) is 2. The van der Waals surface area contributed by atoms with Gasteiger partial charge in [0.05, 0.1) is 5.54 Å². The van der Waals surface area contributed by atoms with Gasteiger partial charge in [0.25, 0.3) is 0 Å². The Balaban J connectivity index is 2.17. The van der Waals surface area contributed by atoms with Crippen molar-refractivity contribution in [3.05, 3.63) is 35.9 Å². The average molecular weight is 218 g/mol. The van der Waals surface area contributed by atoms with Gasteiger partial charge in [-0.2, -0.15) is 0 Å². The van der Waals surface area contributed by atoms with E-state index in [4.69, 9.17) is 5.73 Å². The summed E-state index contributed by atoms with van der Waals surface area (Å²) in [4.78, 5) is 2.51. The molecule has 1 heterocycles. The lowest BCUT2D eigenvalue weighted by molar-refractivity contribution is 0.172. The molecule has 2 rings (SSSR count). The van der Waals surface area contributed by atoms with Gasteiger partial charge in [-0.1, -0.05) is 30.3 Å². The zero-order valence-electron chi connectivity index (χ0n) is 10.3. The maximum Gasteiger partial charge on any atom is 0.0536 e. The highest BCUT2D eigenvalue weighted by molar-refractivity contribution is 5.25. The first-order valence-electron chi connectivity index (χ1n) is 6.21. The molecule has 2 atom stereocenters. The summed E-state index contributed by atoms with van der Waals surface area (Å²) in [7, 11) is 0. The van der Waals surface area contributed by atoms with Crippen molar-refractivity contribution in [2.75, 3.05) is 13.1 Å². The summed E-state index contributed by atoms with van der Waals surface area (Å²) in [5.41, 5.74) is 7.49. The van der Waals surface area contributed by atoms with Gasteiger partial charge in [0.1, 0.15) is 0 Å². The van der Waals surface area contributed by atoms with Crippen molar-refractivity contribution < 1.29 is 0 Å². The van der Waals surface area contributed by atoms with E-state index >= 15 is 0 Å². The van der Waals surface area contributed by atoms with Crippen LogP contribution < -0.4 is 5.73 Å². The van der Waals surface area contributed by atoms with E-state index in [1.54, 1.807) is 0 Å². The van der Waals surface area contributed by atoms with Crippen molar-refractivity contribution in [3.8, 4) is 0 Å². The lowest BCUT2D eigenvalue weighted by Crippen LogP contribution is -2.52. The number of likely N-dealkylation sites (tertiary alicyclic amines) is 1. The highest BCUT2D eigenvalue weighted by Crippen LogP contribution is 2.27. The lowest BCUT2D eigenvalue weighted by Gasteiger charge is -2.38. The van der Waals surface area contributed by atoms with Crippen molar-refractivity contribution >= 4 is 0 Å². The zero-order chi connectivity index (χ0) is 11.6. The normalized spacial score (nSPS) is 22.9. The Hall–Kier alpha value is -0.860. The summed E-state index contributed by atoms with van der Waals surface area (Å²) in [6, 6.07) is 10.8. The van der Waals surface area contributed by atoms with E-state index in [1.165, 1.54) is 31.5 Å². The maximum absolute atomic E-state index is 6.52. The van der Waals surface area contributed by atoms with E-state index in [2.05, 4.69) is 43.0 Å². The van der Waals surface area contributed by atoms with E-state index in [0.717, 1.165) is 0 Å². The molecule has 2 nitrogen and oxygen atoms in total. The van der Waals surface area contributed by atoms with Crippen LogP contribution in [0.5, 0.6) is 0 Å². The van der Waals surface area contributed by atoms with Gasteiger partial charge in [-0.3, -0.25) is 4.90 Å². The molecule has 0 saturated carbocycles. The van der Waals surface area contributed by atoms with Crippen LogP contribution in [0.4, 0.5) is 0 Å². The summed E-state index contributed by atoms with van der Waals surface area (Å²) in [5, 5.41) is 0. The molecule has 0 amide bonds. The van der Waals surface area contributed by atoms with E-state index in [-0.39, 0.29) is 5.54 Å². The minimum absolute atomic E-state index is 0.258. The number of hydrogen-bond donors (Lipinski definition) is 1. The number of benzene rings is 1. The number of nitrogens with two attached hydrogens (primary N) is 1. The van der Waals surface area contributed by atoms with Crippen molar-refractivity contribution in [2.24, 2.45) is 5.73 Å². The van der Waals surface area contributed by atoms with E-state index in [0.29, 0.717) is 6.04 Å². The molecule has 2 unspecified atom stereocenters. The molecule has 1 fully saturated rings. The first-order chi connectivity index (χ1) is 7.62. The Morgan fingerprint density at radius 1 is 1.19 bits per heavy atom. The first-order valence-corrected chi connectivity index (χ1v) is 6.21. The standard InChI is InChI=1S/C14H22N2/c1-12(16-10-6-7-11-16)14(2,15)13-8-4-3-5-9-13/h3-5,8-9,12H,6-7,10-11,15H2,1-2H3. The minimum Gasteiger partial charge on any atom is -0.320 e.